The smallest absolute Gasteiger partial charge is 0.250 e. The third-order valence-corrected chi connectivity index (χ3v) is 7.15. The quantitative estimate of drug-likeness (QED) is 0.312. The number of hydrogen-bond acceptors (Lipinski definition) is 3. The molecule has 2 amide bonds. The van der Waals surface area contributed by atoms with Gasteiger partial charge in [-0.15, -0.1) is 0 Å². The number of H-pyrrole nitrogens is 1. The molecule has 0 unspecified atom stereocenters. The predicted molar refractivity (Wildman–Crippen MR) is 140 cm³/mol. The Kier molecular flexibility index (Phi) is 7.40. The van der Waals surface area contributed by atoms with Crippen molar-refractivity contribution in [3.05, 3.63) is 95.3 Å². The summed E-state index contributed by atoms with van der Waals surface area (Å²) >= 11 is 0. The van der Waals surface area contributed by atoms with E-state index < -0.39 is 6.04 Å². The van der Waals surface area contributed by atoms with Crippen molar-refractivity contribution in [3.63, 3.8) is 0 Å². The molecule has 2 heterocycles. The van der Waals surface area contributed by atoms with Crippen molar-refractivity contribution >= 4 is 22.7 Å². The lowest BCUT2D eigenvalue weighted by Gasteiger charge is -2.32. The highest BCUT2D eigenvalue weighted by Gasteiger charge is 2.35. The molecule has 0 aliphatic heterocycles. The lowest BCUT2D eigenvalue weighted by atomic mass is 9.95. The van der Waals surface area contributed by atoms with Crippen LogP contribution in [0.25, 0.3) is 10.9 Å². The van der Waals surface area contributed by atoms with Gasteiger partial charge in [0.15, 0.2) is 6.04 Å². The number of carbonyl (C=O) groups excluding carboxylic acids is 2. The van der Waals surface area contributed by atoms with Crippen LogP contribution in [-0.2, 0) is 22.6 Å². The standard InChI is InChI=1S/C30H32FN3O3/c1-20-11-16-27(37-20)29(30(36)33-24-7-3-2-4-8-24)34(19-21-12-14-23(31)15-13-21)28(35)17-22-18-32-26-10-6-5-9-25(22)26/h5-6,9-16,18,24,29,32H,2-4,7-8,17,19H2,1H3,(H,33,36)/t29-/m0/s1. The molecule has 4 aromatic rings. The summed E-state index contributed by atoms with van der Waals surface area (Å²) in [5, 5.41) is 4.15. The zero-order chi connectivity index (χ0) is 25.8. The van der Waals surface area contributed by atoms with Crippen LogP contribution < -0.4 is 5.32 Å². The van der Waals surface area contributed by atoms with E-state index in [2.05, 4.69) is 10.3 Å². The largest absolute Gasteiger partial charge is 0.464 e. The molecule has 1 saturated carbocycles. The first-order valence-electron chi connectivity index (χ1n) is 12.9. The third kappa shape index (κ3) is 5.77. The number of nitrogens with one attached hydrogen (secondary N) is 2. The second kappa shape index (κ2) is 11.0. The van der Waals surface area contributed by atoms with Crippen LogP contribution in [0.3, 0.4) is 0 Å². The number of halogens is 1. The fourth-order valence-corrected chi connectivity index (χ4v) is 5.20. The molecule has 7 heteroatoms. The Morgan fingerprint density at radius 3 is 2.54 bits per heavy atom. The summed E-state index contributed by atoms with van der Waals surface area (Å²) in [5.74, 6) is 0.257. The van der Waals surface area contributed by atoms with Crippen molar-refractivity contribution in [1.29, 1.82) is 0 Å². The Hall–Kier alpha value is -3.87. The number of furan rings is 1. The Morgan fingerprint density at radius 2 is 1.81 bits per heavy atom. The number of rotatable bonds is 8. The topological polar surface area (TPSA) is 78.3 Å². The summed E-state index contributed by atoms with van der Waals surface area (Å²) < 4.78 is 19.6. The van der Waals surface area contributed by atoms with E-state index in [1.807, 2.05) is 37.4 Å². The van der Waals surface area contributed by atoms with Gasteiger partial charge in [-0.25, -0.2) is 4.39 Å². The van der Waals surface area contributed by atoms with Crippen molar-refractivity contribution in [2.24, 2.45) is 0 Å². The van der Waals surface area contributed by atoms with E-state index in [1.165, 1.54) is 18.6 Å². The molecule has 2 aromatic carbocycles. The summed E-state index contributed by atoms with van der Waals surface area (Å²) in [6.07, 6.45) is 7.13. The van der Waals surface area contributed by atoms with Crippen molar-refractivity contribution in [3.8, 4) is 0 Å². The molecule has 0 spiro atoms. The maximum absolute atomic E-state index is 14.0. The molecule has 0 saturated heterocycles. The SMILES string of the molecule is Cc1ccc([C@@H](C(=O)NC2CCCCC2)N(Cc2ccc(F)cc2)C(=O)Cc2c[nH]c3ccccc23)o1. The molecule has 1 aliphatic carbocycles. The summed E-state index contributed by atoms with van der Waals surface area (Å²) in [4.78, 5) is 32.5. The number of aryl methyl sites for hydroxylation is 1. The maximum atomic E-state index is 14.0. The predicted octanol–water partition coefficient (Wildman–Crippen LogP) is 5.97. The lowest BCUT2D eigenvalue weighted by Crippen LogP contribution is -2.47. The average Bonchev–Trinajstić information content (AvgIpc) is 3.51. The van der Waals surface area contributed by atoms with Gasteiger partial charge >= 0.3 is 0 Å². The molecule has 1 aliphatic rings. The molecule has 2 aromatic heterocycles. The van der Waals surface area contributed by atoms with Gasteiger partial charge in [0.05, 0.1) is 6.42 Å². The number of amides is 2. The fourth-order valence-electron chi connectivity index (χ4n) is 5.20. The minimum absolute atomic E-state index is 0.0798. The molecule has 37 heavy (non-hydrogen) atoms. The molecule has 1 fully saturated rings. The van der Waals surface area contributed by atoms with Crippen LogP contribution in [-0.4, -0.2) is 27.7 Å². The number of fused-ring (bicyclic) bond motifs is 1. The average molecular weight is 502 g/mol. The van der Waals surface area contributed by atoms with E-state index in [0.717, 1.165) is 47.7 Å². The molecule has 192 valence electrons. The second-order valence-electron chi connectivity index (χ2n) is 9.88. The summed E-state index contributed by atoms with van der Waals surface area (Å²) in [7, 11) is 0. The number of aromatic amines is 1. The van der Waals surface area contributed by atoms with Crippen molar-refractivity contribution < 1.29 is 18.4 Å². The Balaban J connectivity index is 1.50. The van der Waals surface area contributed by atoms with E-state index in [-0.39, 0.29) is 36.6 Å². The first kappa shape index (κ1) is 24.8. The third-order valence-electron chi connectivity index (χ3n) is 7.15. The Bertz CT molecular complexity index is 1370. The van der Waals surface area contributed by atoms with Gasteiger partial charge in [0.25, 0.3) is 5.91 Å². The van der Waals surface area contributed by atoms with Crippen molar-refractivity contribution in [2.45, 2.75) is 64.1 Å². The molecule has 2 N–H and O–H groups in total. The van der Waals surface area contributed by atoms with Crippen molar-refractivity contribution in [1.82, 2.24) is 15.2 Å². The van der Waals surface area contributed by atoms with E-state index in [0.29, 0.717) is 11.5 Å². The number of para-hydroxylation sites is 1. The minimum atomic E-state index is -0.946. The summed E-state index contributed by atoms with van der Waals surface area (Å²) in [5.41, 5.74) is 2.53. The van der Waals surface area contributed by atoms with E-state index in [1.54, 1.807) is 29.2 Å². The normalized spacial score (nSPS) is 15.0. The maximum Gasteiger partial charge on any atom is 0.250 e. The van der Waals surface area contributed by atoms with Gasteiger partial charge in [-0.1, -0.05) is 49.6 Å². The van der Waals surface area contributed by atoms with Gasteiger partial charge in [-0.2, -0.15) is 0 Å². The van der Waals surface area contributed by atoms with Gasteiger partial charge in [0.2, 0.25) is 5.91 Å². The van der Waals surface area contributed by atoms with Crippen LogP contribution in [0.4, 0.5) is 4.39 Å². The lowest BCUT2D eigenvalue weighted by molar-refractivity contribution is -0.142. The van der Waals surface area contributed by atoms with Crippen LogP contribution in [0.5, 0.6) is 0 Å². The molecule has 0 radical (unpaired) electrons. The fraction of sp³-hybridized carbons (Fsp3) is 0.333. The number of nitrogens with zero attached hydrogens (tertiary/aromatic N) is 1. The van der Waals surface area contributed by atoms with E-state index in [4.69, 9.17) is 4.42 Å². The molecule has 5 rings (SSSR count). The molecule has 1 atom stereocenters. The zero-order valence-electron chi connectivity index (χ0n) is 21.0. The Morgan fingerprint density at radius 1 is 1.05 bits per heavy atom. The number of hydrogen-bond donors (Lipinski definition) is 2. The monoisotopic (exact) mass is 501 g/mol. The molecular weight excluding hydrogens is 469 g/mol. The van der Waals surface area contributed by atoms with Gasteiger partial charge in [0.1, 0.15) is 17.3 Å². The number of carbonyl (C=O) groups is 2. The minimum Gasteiger partial charge on any atom is -0.464 e. The highest BCUT2D eigenvalue weighted by atomic mass is 19.1. The van der Waals surface area contributed by atoms with Crippen LogP contribution in [0.15, 0.2) is 71.3 Å². The zero-order valence-corrected chi connectivity index (χ0v) is 21.0. The van der Waals surface area contributed by atoms with Gasteiger partial charge < -0.3 is 19.6 Å². The highest BCUT2D eigenvalue weighted by molar-refractivity contribution is 5.92. The van der Waals surface area contributed by atoms with Gasteiger partial charge in [0, 0.05) is 29.7 Å². The summed E-state index contributed by atoms with van der Waals surface area (Å²) in [6.45, 7) is 1.96. The van der Waals surface area contributed by atoms with Crippen molar-refractivity contribution in [2.75, 3.05) is 0 Å². The van der Waals surface area contributed by atoms with Crippen LogP contribution >= 0.6 is 0 Å². The molecule has 6 nitrogen and oxygen atoms in total. The first-order valence-corrected chi connectivity index (χ1v) is 12.9. The number of aromatic nitrogens is 1. The van der Waals surface area contributed by atoms with Crippen LogP contribution in [0.2, 0.25) is 0 Å². The van der Waals surface area contributed by atoms with Crippen LogP contribution in [0.1, 0.15) is 60.8 Å². The van der Waals surface area contributed by atoms with E-state index in [9.17, 15) is 14.0 Å². The highest BCUT2D eigenvalue weighted by Crippen LogP contribution is 2.29. The van der Waals surface area contributed by atoms with E-state index >= 15 is 0 Å². The van der Waals surface area contributed by atoms with Gasteiger partial charge in [-0.3, -0.25) is 9.59 Å². The first-order chi connectivity index (χ1) is 18.0. The van der Waals surface area contributed by atoms with Gasteiger partial charge in [-0.05, 0) is 61.2 Å². The molecule has 0 bridgehead atoms. The molecular formula is C30H32FN3O3. The number of benzene rings is 2. The van der Waals surface area contributed by atoms with Crippen LogP contribution in [0, 0.1) is 12.7 Å². The second-order valence-corrected chi connectivity index (χ2v) is 9.88. The summed E-state index contributed by atoms with van der Waals surface area (Å²) in [6, 6.07) is 16.5. The Labute approximate surface area is 215 Å².